The van der Waals surface area contributed by atoms with E-state index in [1.54, 1.807) is 0 Å². The molecule has 0 amide bonds. The fraction of sp³-hybridized carbons (Fsp3) is 0.222. The van der Waals surface area contributed by atoms with Crippen molar-refractivity contribution in [1.29, 1.82) is 0 Å². The monoisotopic (exact) mass is 424 g/mol. The zero-order valence-corrected chi connectivity index (χ0v) is 17.8. The van der Waals surface area contributed by atoms with E-state index in [0.717, 1.165) is 47.6 Å². The van der Waals surface area contributed by atoms with E-state index in [4.69, 9.17) is 18.9 Å². The summed E-state index contributed by atoms with van der Waals surface area (Å²) in [5, 5.41) is 2.36. The van der Waals surface area contributed by atoms with Crippen LogP contribution in [0.3, 0.4) is 0 Å². The van der Waals surface area contributed by atoms with Crippen LogP contribution in [0.2, 0.25) is 0 Å². The van der Waals surface area contributed by atoms with E-state index in [9.17, 15) is 0 Å². The number of aryl methyl sites for hydroxylation is 3. The Kier molecular flexibility index (Phi) is 3.71. The average molecular weight is 424 g/mol. The molecule has 3 heterocycles. The van der Waals surface area contributed by atoms with Crippen LogP contribution in [0.5, 0.6) is 23.0 Å². The zero-order valence-electron chi connectivity index (χ0n) is 17.8. The molecular formula is C27H22NO4+. The molecule has 158 valence electrons. The Morgan fingerprint density at radius 3 is 2.47 bits per heavy atom. The highest BCUT2D eigenvalue weighted by atomic mass is 16.7. The first-order chi connectivity index (χ1) is 15.8. The SMILES string of the molecule is C[n+]1cc2c3c(c(Cc4ccccc4)cc2c2c1-c1cc4c(cc1CC2)OCO4)OCO3. The topological polar surface area (TPSA) is 40.8 Å². The highest BCUT2D eigenvalue weighted by Gasteiger charge is 2.32. The summed E-state index contributed by atoms with van der Waals surface area (Å²) in [5.41, 5.74) is 7.55. The van der Waals surface area contributed by atoms with Gasteiger partial charge in [0.25, 0.3) is 0 Å². The molecule has 7 rings (SSSR count). The van der Waals surface area contributed by atoms with Crippen LogP contribution in [0, 0.1) is 0 Å². The molecule has 1 aromatic heterocycles. The van der Waals surface area contributed by atoms with Gasteiger partial charge in [0.05, 0.1) is 10.9 Å². The predicted octanol–water partition coefficient (Wildman–Crippen LogP) is 4.48. The van der Waals surface area contributed by atoms with Crippen LogP contribution in [0.15, 0.2) is 54.7 Å². The maximum atomic E-state index is 5.99. The third kappa shape index (κ3) is 2.54. The first kappa shape index (κ1) is 17.9. The molecule has 3 aromatic carbocycles. The minimum Gasteiger partial charge on any atom is -0.454 e. The van der Waals surface area contributed by atoms with Gasteiger partial charge < -0.3 is 18.9 Å². The summed E-state index contributed by atoms with van der Waals surface area (Å²) in [6.45, 7) is 0.560. The molecule has 1 aliphatic carbocycles. The lowest BCUT2D eigenvalue weighted by Gasteiger charge is -2.20. The third-order valence-electron chi connectivity index (χ3n) is 6.78. The number of hydrogen-bond acceptors (Lipinski definition) is 4. The van der Waals surface area contributed by atoms with E-state index < -0.39 is 0 Å². The number of pyridine rings is 1. The normalized spacial score (nSPS) is 15.0. The first-order valence-electron chi connectivity index (χ1n) is 11.0. The van der Waals surface area contributed by atoms with Crippen LogP contribution in [0.4, 0.5) is 0 Å². The molecule has 0 bridgehead atoms. The third-order valence-corrected chi connectivity index (χ3v) is 6.78. The number of aromatic nitrogens is 1. The Morgan fingerprint density at radius 2 is 1.59 bits per heavy atom. The Balaban J connectivity index is 1.47. The molecule has 5 nitrogen and oxygen atoms in total. The van der Waals surface area contributed by atoms with E-state index in [2.05, 4.69) is 60.3 Å². The Morgan fingerprint density at radius 1 is 0.812 bits per heavy atom. The van der Waals surface area contributed by atoms with E-state index in [1.165, 1.54) is 38.9 Å². The smallest absolute Gasteiger partial charge is 0.231 e. The van der Waals surface area contributed by atoms with Crippen molar-refractivity contribution in [3.8, 4) is 34.3 Å². The van der Waals surface area contributed by atoms with Crippen LogP contribution >= 0.6 is 0 Å². The van der Waals surface area contributed by atoms with Gasteiger partial charge in [0, 0.05) is 22.9 Å². The molecule has 4 aromatic rings. The second-order valence-corrected chi connectivity index (χ2v) is 8.65. The van der Waals surface area contributed by atoms with Gasteiger partial charge in [0.1, 0.15) is 7.05 Å². The van der Waals surface area contributed by atoms with Crippen molar-refractivity contribution in [2.75, 3.05) is 13.6 Å². The molecule has 0 saturated heterocycles. The van der Waals surface area contributed by atoms with Gasteiger partial charge in [0.2, 0.25) is 19.3 Å². The first-order valence-corrected chi connectivity index (χ1v) is 11.0. The van der Waals surface area contributed by atoms with Gasteiger partial charge in [-0.25, -0.2) is 0 Å². The molecule has 2 aliphatic heterocycles. The molecule has 0 radical (unpaired) electrons. The van der Waals surface area contributed by atoms with Gasteiger partial charge in [-0.15, -0.1) is 0 Å². The summed E-state index contributed by atoms with van der Waals surface area (Å²) in [5.74, 6) is 3.42. The van der Waals surface area contributed by atoms with E-state index in [-0.39, 0.29) is 6.79 Å². The maximum absolute atomic E-state index is 5.99. The standard InChI is InChI=1S/C27H22NO4/c1-28-13-22-21(10-18(26-27(22)32-15-31-26)9-16-5-3-2-4-6-16)19-8-7-17-11-23-24(30-14-29-23)12-20(17)25(19)28/h2-6,10-13H,7-9,14-15H2,1H3/q+1. The largest absolute Gasteiger partial charge is 0.454 e. The molecular weight excluding hydrogens is 402 g/mol. The lowest BCUT2D eigenvalue weighted by molar-refractivity contribution is -0.659. The summed E-state index contributed by atoms with van der Waals surface area (Å²) in [4.78, 5) is 0. The molecule has 0 N–H and O–H groups in total. The Labute approximate surface area is 185 Å². The molecule has 0 spiro atoms. The number of rotatable bonds is 2. The van der Waals surface area contributed by atoms with Gasteiger partial charge in [0.15, 0.2) is 29.2 Å². The van der Waals surface area contributed by atoms with E-state index in [0.29, 0.717) is 6.79 Å². The predicted molar refractivity (Wildman–Crippen MR) is 119 cm³/mol. The van der Waals surface area contributed by atoms with Crippen molar-refractivity contribution < 1.29 is 23.5 Å². The molecule has 5 heteroatoms. The van der Waals surface area contributed by atoms with Crippen LogP contribution in [-0.2, 0) is 26.3 Å². The van der Waals surface area contributed by atoms with Crippen molar-refractivity contribution in [3.63, 3.8) is 0 Å². The summed E-state index contributed by atoms with van der Waals surface area (Å²) >= 11 is 0. The Bertz CT molecular complexity index is 1410. The molecule has 0 fully saturated rings. The second kappa shape index (κ2) is 6.63. The lowest BCUT2D eigenvalue weighted by atomic mass is 9.85. The molecule has 3 aliphatic rings. The fourth-order valence-electron chi connectivity index (χ4n) is 5.36. The van der Waals surface area contributed by atoms with Crippen LogP contribution in [0.25, 0.3) is 22.0 Å². The summed E-state index contributed by atoms with van der Waals surface area (Å²) < 4.78 is 25.5. The number of nitrogens with zero attached hydrogens (tertiary/aromatic N) is 1. The minimum atomic E-state index is 0.267. The van der Waals surface area contributed by atoms with Gasteiger partial charge >= 0.3 is 0 Å². The van der Waals surface area contributed by atoms with E-state index in [1.807, 2.05) is 6.07 Å². The van der Waals surface area contributed by atoms with Crippen molar-refractivity contribution >= 4 is 10.8 Å². The minimum absolute atomic E-state index is 0.267. The molecule has 0 saturated carbocycles. The zero-order chi connectivity index (χ0) is 21.2. The molecule has 32 heavy (non-hydrogen) atoms. The fourth-order valence-corrected chi connectivity index (χ4v) is 5.36. The van der Waals surface area contributed by atoms with Crippen LogP contribution < -0.4 is 23.5 Å². The van der Waals surface area contributed by atoms with Crippen LogP contribution in [-0.4, -0.2) is 13.6 Å². The summed E-state index contributed by atoms with van der Waals surface area (Å²) in [6.07, 6.45) is 4.93. The quantitative estimate of drug-likeness (QED) is 0.445. The van der Waals surface area contributed by atoms with Crippen molar-refractivity contribution in [3.05, 3.63) is 77.0 Å². The number of benzene rings is 3. The van der Waals surface area contributed by atoms with E-state index >= 15 is 0 Å². The number of fused-ring (bicyclic) bond motifs is 8. The van der Waals surface area contributed by atoms with Crippen LogP contribution in [0.1, 0.15) is 22.3 Å². The summed E-state index contributed by atoms with van der Waals surface area (Å²) in [6, 6.07) is 17.1. The number of hydrogen-bond donors (Lipinski definition) is 0. The highest BCUT2D eigenvalue weighted by molar-refractivity contribution is 5.96. The number of ether oxygens (including phenoxy) is 4. The Hall–Kier alpha value is -3.73. The summed E-state index contributed by atoms with van der Waals surface area (Å²) in [7, 11) is 2.11. The van der Waals surface area contributed by atoms with Crippen molar-refractivity contribution in [2.24, 2.45) is 7.05 Å². The maximum Gasteiger partial charge on any atom is 0.231 e. The van der Waals surface area contributed by atoms with Gasteiger partial charge in [-0.3, -0.25) is 0 Å². The molecule has 0 atom stereocenters. The highest BCUT2D eigenvalue weighted by Crippen LogP contribution is 2.47. The van der Waals surface area contributed by atoms with Gasteiger partial charge in [-0.05, 0) is 42.2 Å². The van der Waals surface area contributed by atoms with Crippen molar-refractivity contribution in [2.45, 2.75) is 19.3 Å². The lowest BCUT2D eigenvalue weighted by Crippen LogP contribution is -2.34. The average Bonchev–Trinajstić information content (AvgIpc) is 3.48. The molecule has 0 unspecified atom stereocenters. The van der Waals surface area contributed by atoms with Gasteiger partial charge in [-0.2, -0.15) is 4.57 Å². The van der Waals surface area contributed by atoms with Crippen molar-refractivity contribution in [1.82, 2.24) is 0 Å². The second-order valence-electron chi connectivity index (χ2n) is 8.65. The van der Waals surface area contributed by atoms with Gasteiger partial charge in [-0.1, -0.05) is 30.3 Å².